The van der Waals surface area contributed by atoms with Gasteiger partial charge in [0.2, 0.25) is 0 Å². The lowest BCUT2D eigenvalue weighted by atomic mass is 9.95. The maximum atomic E-state index is 12.3. The molecule has 1 aromatic heterocycles. The fraction of sp³-hybridized carbons (Fsp3) is 0.0526. The highest BCUT2D eigenvalue weighted by atomic mass is 16.4. The van der Waals surface area contributed by atoms with Crippen molar-refractivity contribution in [2.45, 2.75) is 6.42 Å². The van der Waals surface area contributed by atoms with Crippen molar-refractivity contribution in [1.29, 1.82) is 0 Å². The number of benzene rings is 2. The van der Waals surface area contributed by atoms with E-state index in [-0.39, 0.29) is 5.56 Å². The number of nitrogens with two attached hydrogens (primary N) is 1. The summed E-state index contributed by atoms with van der Waals surface area (Å²) in [5.74, 6) is -0.798. The van der Waals surface area contributed by atoms with E-state index in [1.165, 1.54) is 0 Å². The maximum Gasteiger partial charge on any atom is 0.349 e. The lowest BCUT2D eigenvalue weighted by Gasteiger charge is -2.11. The molecule has 4 nitrogen and oxygen atoms in total. The fourth-order valence-corrected chi connectivity index (χ4v) is 2.73. The summed E-state index contributed by atoms with van der Waals surface area (Å²) in [7, 11) is 0. The zero-order valence-corrected chi connectivity index (χ0v) is 12.4. The largest absolute Gasteiger partial charge is 0.422 e. The van der Waals surface area contributed by atoms with Gasteiger partial charge < -0.3 is 10.2 Å². The summed E-state index contributed by atoms with van der Waals surface area (Å²) in [6.45, 7) is 3.72. The highest BCUT2D eigenvalue weighted by Crippen LogP contribution is 2.32. The van der Waals surface area contributed by atoms with Crippen LogP contribution in [-0.2, 0) is 6.42 Å². The minimum Gasteiger partial charge on any atom is -0.422 e. The van der Waals surface area contributed by atoms with Crippen LogP contribution >= 0.6 is 0 Å². The minimum atomic E-state index is -0.798. The molecule has 0 fully saturated rings. The van der Waals surface area contributed by atoms with Crippen LogP contribution in [0.25, 0.3) is 22.1 Å². The Balaban J connectivity index is 2.50. The second-order valence-electron chi connectivity index (χ2n) is 5.16. The first-order valence-electron chi connectivity index (χ1n) is 7.18. The van der Waals surface area contributed by atoms with Gasteiger partial charge in [-0.25, -0.2) is 4.79 Å². The molecule has 0 bridgehead atoms. The van der Waals surface area contributed by atoms with Gasteiger partial charge in [-0.1, -0.05) is 54.6 Å². The molecule has 0 aliphatic rings. The number of hydrogen-bond acceptors (Lipinski definition) is 3. The molecule has 0 saturated carbocycles. The van der Waals surface area contributed by atoms with Gasteiger partial charge in [-0.3, -0.25) is 4.79 Å². The summed E-state index contributed by atoms with van der Waals surface area (Å²) >= 11 is 0. The molecule has 1 heterocycles. The number of fused-ring (bicyclic) bond motifs is 1. The Bertz CT molecular complexity index is 956. The highest BCUT2D eigenvalue weighted by Gasteiger charge is 2.21. The molecule has 0 unspecified atom stereocenters. The molecule has 4 heteroatoms. The standard InChI is InChI=1S/C19H15NO3/c1-2-7-13-10-6-11-14-15(12-8-4-3-5-9-12)16(18(20)21)19(22)23-17(13)14/h2-6,8-11H,1,7H2,(H2,20,21). The van der Waals surface area contributed by atoms with E-state index in [0.29, 0.717) is 23.0 Å². The van der Waals surface area contributed by atoms with Crippen molar-refractivity contribution in [1.82, 2.24) is 0 Å². The lowest BCUT2D eigenvalue weighted by Crippen LogP contribution is -2.22. The molecule has 3 rings (SSSR count). The van der Waals surface area contributed by atoms with E-state index < -0.39 is 11.5 Å². The quantitative estimate of drug-likeness (QED) is 0.594. The molecule has 0 atom stereocenters. The van der Waals surface area contributed by atoms with Gasteiger partial charge in [0.1, 0.15) is 11.1 Å². The molecule has 23 heavy (non-hydrogen) atoms. The third-order valence-corrected chi connectivity index (χ3v) is 3.69. The fourth-order valence-electron chi connectivity index (χ4n) is 2.73. The molecular formula is C19H15NO3. The van der Waals surface area contributed by atoms with Gasteiger partial charge in [0.15, 0.2) is 0 Å². The van der Waals surface area contributed by atoms with E-state index in [9.17, 15) is 9.59 Å². The van der Waals surface area contributed by atoms with Crippen molar-refractivity contribution in [3.8, 4) is 11.1 Å². The molecule has 114 valence electrons. The topological polar surface area (TPSA) is 73.3 Å². The van der Waals surface area contributed by atoms with Gasteiger partial charge in [0, 0.05) is 10.9 Å². The normalized spacial score (nSPS) is 10.6. The number of para-hydroxylation sites is 1. The van der Waals surface area contributed by atoms with Crippen LogP contribution in [0.3, 0.4) is 0 Å². The van der Waals surface area contributed by atoms with Gasteiger partial charge >= 0.3 is 5.63 Å². The second-order valence-corrected chi connectivity index (χ2v) is 5.16. The molecule has 1 amide bonds. The average molecular weight is 305 g/mol. The van der Waals surface area contributed by atoms with E-state index in [1.807, 2.05) is 48.5 Å². The monoisotopic (exact) mass is 305 g/mol. The zero-order chi connectivity index (χ0) is 16.4. The van der Waals surface area contributed by atoms with E-state index >= 15 is 0 Å². The van der Waals surface area contributed by atoms with Crippen LogP contribution in [0.15, 0.2) is 70.4 Å². The van der Waals surface area contributed by atoms with Gasteiger partial charge in [-0.15, -0.1) is 6.58 Å². The van der Waals surface area contributed by atoms with Crippen molar-refractivity contribution >= 4 is 16.9 Å². The highest BCUT2D eigenvalue weighted by molar-refractivity contribution is 6.07. The van der Waals surface area contributed by atoms with Crippen LogP contribution < -0.4 is 11.4 Å². The predicted octanol–water partition coefficient (Wildman–Crippen LogP) is 3.29. The van der Waals surface area contributed by atoms with Gasteiger partial charge in [0.25, 0.3) is 5.91 Å². The third-order valence-electron chi connectivity index (χ3n) is 3.69. The SMILES string of the molecule is C=CCc1cccc2c(-c3ccccc3)c(C(N)=O)c(=O)oc12. The Morgan fingerprint density at radius 2 is 1.87 bits per heavy atom. The number of carbonyl (C=O) groups excluding carboxylic acids is 1. The number of allylic oxidation sites excluding steroid dienone is 1. The first-order valence-corrected chi connectivity index (χ1v) is 7.18. The Morgan fingerprint density at radius 1 is 1.13 bits per heavy atom. The number of carbonyl (C=O) groups is 1. The van der Waals surface area contributed by atoms with Gasteiger partial charge in [-0.2, -0.15) is 0 Å². The summed E-state index contributed by atoms with van der Waals surface area (Å²) < 4.78 is 5.40. The number of hydrogen-bond donors (Lipinski definition) is 1. The Labute approximate surface area is 132 Å². The summed E-state index contributed by atoms with van der Waals surface area (Å²) in [5, 5.41) is 0.684. The first-order chi connectivity index (χ1) is 11.1. The van der Waals surface area contributed by atoms with Gasteiger partial charge in [-0.05, 0) is 17.5 Å². The van der Waals surface area contributed by atoms with Crippen LogP contribution in [0.5, 0.6) is 0 Å². The molecule has 3 aromatic rings. The van der Waals surface area contributed by atoms with Crippen molar-refractivity contribution < 1.29 is 9.21 Å². The van der Waals surface area contributed by atoms with Crippen molar-refractivity contribution in [3.05, 3.63) is 82.7 Å². The smallest absolute Gasteiger partial charge is 0.349 e. The lowest BCUT2D eigenvalue weighted by molar-refractivity contribution is 0.0997. The van der Waals surface area contributed by atoms with Crippen LogP contribution in [0.2, 0.25) is 0 Å². The number of primary amides is 1. The summed E-state index contributed by atoms with van der Waals surface area (Å²) in [6, 6.07) is 14.8. The third kappa shape index (κ3) is 2.55. The molecule has 2 aromatic carbocycles. The van der Waals surface area contributed by atoms with Crippen LogP contribution in [-0.4, -0.2) is 5.91 Å². The number of amides is 1. The predicted molar refractivity (Wildman–Crippen MR) is 90.3 cm³/mol. The summed E-state index contributed by atoms with van der Waals surface area (Å²) in [6.07, 6.45) is 2.30. The molecule has 0 spiro atoms. The minimum absolute atomic E-state index is 0.126. The zero-order valence-electron chi connectivity index (χ0n) is 12.4. The number of rotatable bonds is 4. The van der Waals surface area contributed by atoms with Crippen molar-refractivity contribution in [2.24, 2.45) is 5.73 Å². The van der Waals surface area contributed by atoms with Crippen molar-refractivity contribution in [3.63, 3.8) is 0 Å². The average Bonchev–Trinajstić information content (AvgIpc) is 2.55. The molecule has 0 aliphatic heterocycles. The van der Waals surface area contributed by atoms with E-state index in [0.717, 1.165) is 11.1 Å². The molecule has 0 saturated heterocycles. The van der Waals surface area contributed by atoms with Crippen LogP contribution in [0.4, 0.5) is 0 Å². The molecular weight excluding hydrogens is 290 g/mol. The Kier molecular flexibility index (Phi) is 3.81. The van der Waals surface area contributed by atoms with Gasteiger partial charge in [0.05, 0.1) is 0 Å². The summed E-state index contributed by atoms with van der Waals surface area (Å²) in [4.78, 5) is 24.1. The maximum absolute atomic E-state index is 12.3. The Morgan fingerprint density at radius 3 is 2.52 bits per heavy atom. The van der Waals surface area contributed by atoms with Crippen molar-refractivity contribution in [2.75, 3.05) is 0 Å². The van der Waals surface area contributed by atoms with E-state index in [4.69, 9.17) is 10.2 Å². The first kappa shape index (κ1) is 14.8. The second kappa shape index (κ2) is 5.93. The molecule has 2 N–H and O–H groups in total. The van der Waals surface area contributed by atoms with Crippen LogP contribution in [0, 0.1) is 0 Å². The summed E-state index contributed by atoms with van der Waals surface area (Å²) in [5.41, 5.74) is 7.13. The van der Waals surface area contributed by atoms with E-state index in [1.54, 1.807) is 6.08 Å². The Hall–Kier alpha value is -3.14. The van der Waals surface area contributed by atoms with E-state index in [2.05, 4.69) is 6.58 Å². The van der Waals surface area contributed by atoms with Crippen LogP contribution in [0.1, 0.15) is 15.9 Å². The molecule has 0 radical (unpaired) electrons. The molecule has 0 aliphatic carbocycles.